The summed E-state index contributed by atoms with van der Waals surface area (Å²) in [5.41, 5.74) is 1.03. The van der Waals surface area contributed by atoms with Crippen molar-refractivity contribution in [3.05, 3.63) is 35.8 Å². The Morgan fingerprint density at radius 1 is 1.43 bits per heavy atom. The molecule has 0 atom stereocenters. The molecule has 74 valence electrons. The standard InChI is InChI=1S/C10H11NOS2/c1-3-5-7(6-4-2)8-9(12)11-10(13)14-8/h3-4H,1-2,5-6H2,(H,11,12,13). The van der Waals surface area contributed by atoms with Crippen molar-refractivity contribution in [2.24, 2.45) is 0 Å². The zero-order valence-corrected chi connectivity index (χ0v) is 9.34. The van der Waals surface area contributed by atoms with Gasteiger partial charge in [-0.05, 0) is 18.4 Å². The van der Waals surface area contributed by atoms with E-state index in [9.17, 15) is 4.79 Å². The van der Waals surface area contributed by atoms with Gasteiger partial charge in [0.15, 0.2) is 0 Å². The van der Waals surface area contributed by atoms with Crippen LogP contribution in [0.4, 0.5) is 0 Å². The van der Waals surface area contributed by atoms with Gasteiger partial charge in [-0.1, -0.05) is 36.1 Å². The fourth-order valence-corrected chi connectivity index (χ4v) is 2.29. The van der Waals surface area contributed by atoms with Gasteiger partial charge in [0.2, 0.25) is 0 Å². The summed E-state index contributed by atoms with van der Waals surface area (Å²) in [5, 5.41) is 2.59. The van der Waals surface area contributed by atoms with Crippen molar-refractivity contribution in [2.75, 3.05) is 0 Å². The first-order valence-corrected chi connectivity index (χ1v) is 5.38. The van der Waals surface area contributed by atoms with E-state index in [2.05, 4.69) is 18.5 Å². The number of thiocarbonyl (C=S) groups is 1. The predicted octanol–water partition coefficient (Wildman–Crippen LogP) is 2.54. The molecule has 0 aromatic rings. The number of hydrogen-bond acceptors (Lipinski definition) is 3. The predicted molar refractivity (Wildman–Crippen MR) is 65.0 cm³/mol. The third-order valence-electron chi connectivity index (χ3n) is 1.72. The Bertz CT molecular complexity index is 319. The highest BCUT2D eigenvalue weighted by atomic mass is 32.2. The SMILES string of the molecule is C=CCC(CC=C)=C1SC(=S)NC1=O. The van der Waals surface area contributed by atoms with Gasteiger partial charge in [0, 0.05) is 0 Å². The van der Waals surface area contributed by atoms with Crippen molar-refractivity contribution in [3.8, 4) is 0 Å². The number of amides is 1. The topological polar surface area (TPSA) is 29.1 Å². The second-order valence-electron chi connectivity index (χ2n) is 2.76. The minimum atomic E-state index is -0.0984. The van der Waals surface area contributed by atoms with Gasteiger partial charge in [0.05, 0.1) is 4.91 Å². The molecule has 4 heteroatoms. The van der Waals surface area contributed by atoms with E-state index >= 15 is 0 Å². The van der Waals surface area contributed by atoms with Crippen LogP contribution >= 0.6 is 24.0 Å². The van der Waals surface area contributed by atoms with E-state index in [1.54, 1.807) is 12.2 Å². The van der Waals surface area contributed by atoms with Crippen molar-refractivity contribution in [1.82, 2.24) is 5.32 Å². The molecule has 0 bridgehead atoms. The summed E-state index contributed by atoms with van der Waals surface area (Å²) in [6.07, 6.45) is 4.96. The van der Waals surface area contributed by atoms with Crippen molar-refractivity contribution in [1.29, 1.82) is 0 Å². The summed E-state index contributed by atoms with van der Waals surface area (Å²) < 4.78 is 0.524. The molecular weight excluding hydrogens is 214 g/mol. The first-order chi connectivity index (χ1) is 6.69. The Hall–Kier alpha value is -0.870. The first-order valence-electron chi connectivity index (χ1n) is 4.16. The van der Waals surface area contributed by atoms with Gasteiger partial charge in [0.1, 0.15) is 4.32 Å². The Balaban J connectivity index is 2.96. The summed E-state index contributed by atoms with van der Waals surface area (Å²) in [7, 11) is 0. The average molecular weight is 225 g/mol. The van der Waals surface area contributed by atoms with Crippen molar-refractivity contribution in [2.45, 2.75) is 12.8 Å². The average Bonchev–Trinajstić information content (AvgIpc) is 2.45. The highest BCUT2D eigenvalue weighted by Crippen LogP contribution is 2.30. The zero-order chi connectivity index (χ0) is 10.6. The third kappa shape index (κ3) is 2.56. The van der Waals surface area contributed by atoms with Crippen LogP contribution in [0.2, 0.25) is 0 Å². The summed E-state index contributed by atoms with van der Waals surface area (Å²) in [5.74, 6) is -0.0984. The van der Waals surface area contributed by atoms with E-state index < -0.39 is 0 Å². The summed E-state index contributed by atoms with van der Waals surface area (Å²) in [6, 6.07) is 0. The van der Waals surface area contributed by atoms with Crippen LogP contribution in [0.1, 0.15) is 12.8 Å². The molecule has 1 N–H and O–H groups in total. The number of nitrogens with one attached hydrogen (secondary N) is 1. The van der Waals surface area contributed by atoms with Crippen LogP contribution in [0.3, 0.4) is 0 Å². The zero-order valence-electron chi connectivity index (χ0n) is 7.71. The molecule has 0 radical (unpaired) electrons. The Morgan fingerprint density at radius 2 is 2.00 bits per heavy atom. The Morgan fingerprint density at radius 3 is 2.36 bits per heavy atom. The van der Waals surface area contributed by atoms with E-state index in [4.69, 9.17) is 12.2 Å². The molecule has 0 saturated carbocycles. The second kappa shape index (κ2) is 5.12. The van der Waals surface area contributed by atoms with Gasteiger partial charge in [-0.15, -0.1) is 13.2 Å². The molecule has 1 fully saturated rings. The Labute approximate surface area is 93.1 Å². The minimum absolute atomic E-state index is 0.0984. The monoisotopic (exact) mass is 225 g/mol. The molecule has 0 unspecified atom stereocenters. The van der Waals surface area contributed by atoms with Crippen LogP contribution in [0.25, 0.3) is 0 Å². The normalized spacial score (nSPS) is 15.3. The smallest absolute Gasteiger partial charge is 0.263 e. The fraction of sp³-hybridized carbons (Fsp3) is 0.200. The van der Waals surface area contributed by atoms with Crippen LogP contribution in [0.15, 0.2) is 35.8 Å². The van der Waals surface area contributed by atoms with Gasteiger partial charge in [-0.2, -0.15) is 0 Å². The quantitative estimate of drug-likeness (QED) is 0.453. The van der Waals surface area contributed by atoms with Gasteiger partial charge in [-0.3, -0.25) is 4.79 Å². The largest absolute Gasteiger partial charge is 0.307 e. The summed E-state index contributed by atoms with van der Waals surface area (Å²) in [6.45, 7) is 7.31. The summed E-state index contributed by atoms with van der Waals surface area (Å²) >= 11 is 6.22. The molecule has 1 heterocycles. The maximum atomic E-state index is 11.4. The molecule has 1 rings (SSSR count). The van der Waals surface area contributed by atoms with Crippen molar-refractivity contribution < 1.29 is 4.79 Å². The van der Waals surface area contributed by atoms with E-state index in [1.807, 2.05) is 0 Å². The van der Waals surface area contributed by atoms with Crippen LogP contribution < -0.4 is 5.32 Å². The molecule has 0 aromatic heterocycles. The lowest BCUT2D eigenvalue weighted by Crippen LogP contribution is -2.18. The van der Waals surface area contributed by atoms with Crippen molar-refractivity contribution in [3.63, 3.8) is 0 Å². The summed E-state index contributed by atoms with van der Waals surface area (Å²) in [4.78, 5) is 12.1. The van der Waals surface area contributed by atoms with Crippen LogP contribution in [0, 0.1) is 0 Å². The maximum absolute atomic E-state index is 11.4. The van der Waals surface area contributed by atoms with Crippen LogP contribution in [0.5, 0.6) is 0 Å². The maximum Gasteiger partial charge on any atom is 0.263 e. The molecule has 1 amide bonds. The van der Waals surface area contributed by atoms with E-state index in [0.717, 1.165) is 5.57 Å². The molecule has 0 spiro atoms. The molecule has 1 aliphatic heterocycles. The molecule has 0 aliphatic carbocycles. The van der Waals surface area contributed by atoms with Crippen LogP contribution in [-0.2, 0) is 4.79 Å². The lowest BCUT2D eigenvalue weighted by Gasteiger charge is -2.02. The molecule has 14 heavy (non-hydrogen) atoms. The number of allylic oxidation sites excluding steroid dienone is 3. The highest BCUT2D eigenvalue weighted by molar-refractivity contribution is 8.26. The molecule has 1 aliphatic rings. The molecule has 0 aromatic carbocycles. The van der Waals surface area contributed by atoms with Gasteiger partial charge >= 0.3 is 0 Å². The third-order valence-corrected chi connectivity index (χ3v) is 3.04. The first kappa shape index (κ1) is 11.2. The lowest BCUT2D eigenvalue weighted by molar-refractivity contribution is -0.115. The fourth-order valence-electron chi connectivity index (χ4n) is 1.16. The van der Waals surface area contributed by atoms with Gasteiger partial charge in [0.25, 0.3) is 5.91 Å². The van der Waals surface area contributed by atoms with Crippen molar-refractivity contribution >= 4 is 34.2 Å². The highest BCUT2D eigenvalue weighted by Gasteiger charge is 2.24. The van der Waals surface area contributed by atoms with Gasteiger partial charge in [-0.25, -0.2) is 0 Å². The van der Waals surface area contributed by atoms with E-state index in [-0.39, 0.29) is 5.91 Å². The molecular formula is C10H11NOS2. The second-order valence-corrected chi connectivity index (χ2v) is 4.45. The molecule has 2 nitrogen and oxygen atoms in total. The number of carbonyl (C=O) groups excluding carboxylic acids is 1. The minimum Gasteiger partial charge on any atom is -0.307 e. The van der Waals surface area contributed by atoms with Crippen LogP contribution in [-0.4, -0.2) is 10.2 Å². The Kier molecular flexibility index (Phi) is 4.10. The number of carbonyl (C=O) groups is 1. The number of rotatable bonds is 4. The number of hydrogen-bond donors (Lipinski definition) is 1. The van der Waals surface area contributed by atoms with E-state index in [1.165, 1.54) is 11.8 Å². The van der Waals surface area contributed by atoms with Gasteiger partial charge < -0.3 is 5.32 Å². The van der Waals surface area contributed by atoms with E-state index in [0.29, 0.717) is 22.1 Å². The lowest BCUT2D eigenvalue weighted by atomic mass is 10.1. The number of thioether (sulfide) groups is 1. The molecule has 1 saturated heterocycles.